The van der Waals surface area contributed by atoms with Gasteiger partial charge in [-0.1, -0.05) is 26.2 Å². The van der Waals surface area contributed by atoms with Crippen molar-refractivity contribution in [1.29, 1.82) is 0 Å². The van der Waals surface area contributed by atoms with Gasteiger partial charge in [0, 0.05) is 24.8 Å². The van der Waals surface area contributed by atoms with E-state index < -0.39 is 11.8 Å². The van der Waals surface area contributed by atoms with Crippen LogP contribution >= 0.6 is 0 Å². The maximum absolute atomic E-state index is 12.1. The van der Waals surface area contributed by atoms with Crippen LogP contribution in [0.3, 0.4) is 0 Å². The number of H-pyrrole nitrogens is 1. The van der Waals surface area contributed by atoms with Gasteiger partial charge in [0.05, 0.1) is 16.9 Å². The lowest BCUT2D eigenvalue weighted by atomic mass is 9.83. The Morgan fingerprint density at radius 3 is 2.81 bits per heavy atom. The molecule has 3 aromatic rings. The first kappa shape index (κ1) is 17.5. The fraction of sp³-hybridized carbons (Fsp3) is 0.474. The monoisotopic (exact) mass is 368 g/mol. The van der Waals surface area contributed by atoms with Crippen molar-refractivity contribution in [2.45, 2.75) is 45.1 Å². The van der Waals surface area contributed by atoms with Crippen molar-refractivity contribution in [3.05, 3.63) is 18.5 Å². The summed E-state index contributed by atoms with van der Waals surface area (Å²) in [5.41, 5.74) is 1.67. The van der Waals surface area contributed by atoms with Crippen molar-refractivity contribution in [2.24, 2.45) is 5.92 Å². The smallest absolute Gasteiger partial charge is 0.314 e. The van der Waals surface area contributed by atoms with Crippen molar-refractivity contribution in [3.63, 3.8) is 0 Å². The summed E-state index contributed by atoms with van der Waals surface area (Å²) in [5, 5.41) is 10.1. The topological polar surface area (TPSA) is 105 Å². The molecule has 0 spiro atoms. The van der Waals surface area contributed by atoms with Gasteiger partial charge >= 0.3 is 11.8 Å². The molecule has 1 aliphatic rings. The minimum absolute atomic E-state index is 0.317. The van der Waals surface area contributed by atoms with Crippen LogP contribution in [0.4, 0.5) is 5.82 Å². The second kappa shape index (κ2) is 7.02. The Labute approximate surface area is 156 Å². The molecule has 3 heterocycles. The van der Waals surface area contributed by atoms with Gasteiger partial charge in [-0.25, -0.2) is 9.97 Å². The van der Waals surface area contributed by atoms with E-state index >= 15 is 0 Å². The normalized spacial score (nSPS) is 20.1. The molecule has 0 aromatic carbocycles. The van der Waals surface area contributed by atoms with Crippen molar-refractivity contribution in [2.75, 3.05) is 12.4 Å². The lowest BCUT2D eigenvalue weighted by Crippen LogP contribution is -2.33. The van der Waals surface area contributed by atoms with E-state index in [0.29, 0.717) is 23.4 Å². The summed E-state index contributed by atoms with van der Waals surface area (Å²) < 4.78 is 2.16. The molecule has 8 nitrogen and oxygen atoms in total. The number of anilines is 1. The molecule has 0 bridgehead atoms. The number of aromatic nitrogens is 4. The van der Waals surface area contributed by atoms with Crippen molar-refractivity contribution in [1.82, 2.24) is 25.1 Å². The van der Waals surface area contributed by atoms with Crippen LogP contribution in [-0.2, 0) is 9.59 Å². The fourth-order valence-electron chi connectivity index (χ4n) is 4.26. The van der Waals surface area contributed by atoms with Crippen LogP contribution < -0.4 is 10.6 Å². The zero-order chi connectivity index (χ0) is 19.0. The van der Waals surface area contributed by atoms with Crippen LogP contribution in [0.15, 0.2) is 18.5 Å². The molecule has 1 aliphatic carbocycles. The van der Waals surface area contributed by atoms with E-state index in [4.69, 9.17) is 0 Å². The molecule has 0 unspecified atom stereocenters. The number of rotatable bonds is 3. The summed E-state index contributed by atoms with van der Waals surface area (Å²) >= 11 is 0. The highest BCUT2D eigenvalue weighted by atomic mass is 16.2. The minimum Gasteiger partial charge on any atom is -0.351 e. The average Bonchev–Trinajstić information content (AvgIpc) is 3.31. The van der Waals surface area contributed by atoms with Gasteiger partial charge in [-0.2, -0.15) is 0 Å². The van der Waals surface area contributed by atoms with Crippen LogP contribution in [0.25, 0.3) is 21.9 Å². The number of hydrogen-bond acceptors (Lipinski definition) is 4. The van der Waals surface area contributed by atoms with Crippen LogP contribution in [0.5, 0.6) is 0 Å². The number of nitrogens with one attached hydrogen (secondary N) is 3. The summed E-state index contributed by atoms with van der Waals surface area (Å²) in [6.07, 6.45) is 9.27. The molecule has 0 radical (unpaired) electrons. The molecular formula is C19H24N6O2. The van der Waals surface area contributed by atoms with Crippen LogP contribution in [0, 0.1) is 5.92 Å². The molecule has 3 aromatic heterocycles. The zero-order valence-electron chi connectivity index (χ0n) is 15.6. The maximum atomic E-state index is 12.1. The summed E-state index contributed by atoms with van der Waals surface area (Å²) in [5.74, 6) is -0.324. The first-order chi connectivity index (χ1) is 13.1. The van der Waals surface area contributed by atoms with Gasteiger partial charge in [-0.05, 0) is 24.8 Å². The predicted molar refractivity (Wildman–Crippen MR) is 103 cm³/mol. The molecule has 0 aliphatic heterocycles. The third-order valence-electron chi connectivity index (χ3n) is 5.64. The van der Waals surface area contributed by atoms with E-state index in [-0.39, 0.29) is 0 Å². The highest BCUT2D eigenvalue weighted by Gasteiger charge is 2.29. The predicted octanol–water partition coefficient (Wildman–Crippen LogP) is 2.74. The number of carbonyl (C=O) groups excluding carboxylic acids is 2. The second-order valence-corrected chi connectivity index (χ2v) is 7.11. The molecule has 2 amide bonds. The Morgan fingerprint density at radius 1 is 1.22 bits per heavy atom. The summed E-state index contributed by atoms with van der Waals surface area (Å²) in [7, 11) is 1.43. The van der Waals surface area contributed by atoms with Gasteiger partial charge in [0.2, 0.25) is 0 Å². The molecule has 1 saturated carbocycles. The largest absolute Gasteiger partial charge is 0.351 e. The van der Waals surface area contributed by atoms with Crippen LogP contribution in [-0.4, -0.2) is 38.6 Å². The van der Waals surface area contributed by atoms with E-state index in [2.05, 4.69) is 37.3 Å². The van der Waals surface area contributed by atoms with E-state index in [9.17, 15) is 9.59 Å². The molecular weight excluding hydrogens is 344 g/mol. The fourth-order valence-corrected chi connectivity index (χ4v) is 4.26. The molecule has 1 fully saturated rings. The number of pyridine rings is 1. The molecule has 0 saturated heterocycles. The number of likely N-dealkylation sites (N-methyl/N-ethyl adjacent to an activating group) is 1. The number of nitrogens with zero attached hydrogens (tertiary/aromatic N) is 3. The Hall–Kier alpha value is -2.90. The molecule has 4 rings (SSSR count). The van der Waals surface area contributed by atoms with E-state index in [1.807, 2.05) is 6.07 Å². The Morgan fingerprint density at radius 2 is 2.04 bits per heavy atom. The lowest BCUT2D eigenvalue weighted by molar-refractivity contribution is -0.135. The average molecular weight is 368 g/mol. The molecule has 142 valence electrons. The Bertz CT molecular complexity index is 1000. The first-order valence-corrected chi connectivity index (χ1v) is 9.50. The van der Waals surface area contributed by atoms with Gasteiger partial charge < -0.3 is 10.6 Å². The van der Waals surface area contributed by atoms with Gasteiger partial charge in [0.1, 0.15) is 5.82 Å². The lowest BCUT2D eigenvalue weighted by Gasteiger charge is -2.32. The first-order valence-electron chi connectivity index (χ1n) is 9.50. The standard InChI is InChI=1S/C19H24N6O2/c1-3-11-6-4-5-7-14(11)25-15-12-8-9-21-16(12)22-10-13(15)17(24-25)23-19(27)18(26)20-2/h8-11,14,24H,3-7H2,1-2H3,(H,20,26)(H,23,27)/t11-,14+/m1/s1. The second-order valence-electron chi connectivity index (χ2n) is 7.11. The van der Waals surface area contributed by atoms with Crippen molar-refractivity contribution >= 4 is 39.6 Å². The number of carbonyl (C=O) groups is 2. The zero-order valence-corrected chi connectivity index (χ0v) is 15.6. The van der Waals surface area contributed by atoms with Gasteiger partial charge in [-0.3, -0.25) is 19.4 Å². The van der Waals surface area contributed by atoms with Crippen molar-refractivity contribution < 1.29 is 9.59 Å². The highest BCUT2D eigenvalue weighted by molar-refractivity contribution is 6.40. The highest BCUT2D eigenvalue weighted by Crippen LogP contribution is 2.40. The molecule has 3 N–H and O–H groups in total. The van der Waals surface area contributed by atoms with E-state index in [1.54, 1.807) is 12.4 Å². The van der Waals surface area contributed by atoms with Gasteiger partial charge in [-0.15, -0.1) is 0 Å². The third kappa shape index (κ3) is 2.94. The summed E-state index contributed by atoms with van der Waals surface area (Å²) in [6.45, 7) is 2.23. The van der Waals surface area contributed by atoms with Crippen molar-refractivity contribution in [3.8, 4) is 0 Å². The summed E-state index contributed by atoms with van der Waals surface area (Å²) in [6, 6.07) is 2.26. The maximum Gasteiger partial charge on any atom is 0.314 e. The quantitative estimate of drug-likeness (QED) is 0.618. The number of aromatic amines is 1. The molecule has 27 heavy (non-hydrogen) atoms. The van der Waals surface area contributed by atoms with Crippen LogP contribution in [0.1, 0.15) is 45.1 Å². The Kier molecular flexibility index (Phi) is 4.55. The SMILES string of the molecule is CC[C@@H]1CCCC[C@@H]1n1[nH]c(NC(=O)C(=O)NC)c2cnc3nccc3c21. The minimum atomic E-state index is -0.704. The van der Waals surface area contributed by atoms with E-state index in [0.717, 1.165) is 29.1 Å². The molecule has 2 atom stereocenters. The number of fused-ring (bicyclic) bond motifs is 3. The Balaban J connectivity index is 1.87. The number of hydrogen-bond donors (Lipinski definition) is 3. The van der Waals surface area contributed by atoms with Gasteiger partial charge in [0.25, 0.3) is 0 Å². The van der Waals surface area contributed by atoms with Crippen LogP contribution in [0.2, 0.25) is 0 Å². The third-order valence-corrected chi connectivity index (χ3v) is 5.64. The summed E-state index contributed by atoms with van der Waals surface area (Å²) in [4.78, 5) is 32.5. The molecule has 8 heteroatoms. The number of amides is 2. The van der Waals surface area contributed by atoms with Gasteiger partial charge in [0.15, 0.2) is 5.65 Å². The van der Waals surface area contributed by atoms with E-state index in [1.165, 1.54) is 26.3 Å².